The molecule has 10 heteroatoms. The van der Waals surface area contributed by atoms with Crippen LogP contribution in [0.5, 0.6) is 5.75 Å². The monoisotopic (exact) mass is 565 g/mol. The summed E-state index contributed by atoms with van der Waals surface area (Å²) >= 11 is 0. The Morgan fingerprint density at radius 1 is 1.05 bits per heavy atom. The molecule has 2 saturated carbocycles. The van der Waals surface area contributed by atoms with E-state index < -0.39 is 0 Å². The number of carbonyl (C=O) groups is 2. The number of anilines is 2. The number of ether oxygens (including phenoxy) is 1. The fraction of sp³-hybridized carbons (Fsp3) is 0.406. The van der Waals surface area contributed by atoms with Crippen LogP contribution in [0.3, 0.4) is 0 Å². The Morgan fingerprint density at radius 3 is 2.69 bits per heavy atom. The Labute approximate surface area is 244 Å². The Balaban J connectivity index is 1.25. The molecule has 1 saturated heterocycles. The first kappa shape index (κ1) is 26.4. The highest BCUT2D eigenvalue weighted by atomic mass is 16.5. The number of nitrogens with zero attached hydrogens (tertiary/aromatic N) is 5. The number of carbonyl (C=O) groups excluding carboxylic acids is 2. The van der Waals surface area contributed by atoms with Crippen LogP contribution < -0.4 is 15.8 Å². The fourth-order valence-electron chi connectivity index (χ4n) is 5.90. The van der Waals surface area contributed by atoms with E-state index in [0.29, 0.717) is 53.0 Å². The van der Waals surface area contributed by atoms with Crippen LogP contribution in [-0.2, 0) is 4.79 Å². The van der Waals surface area contributed by atoms with Crippen LogP contribution in [0.15, 0.2) is 48.9 Å². The van der Waals surface area contributed by atoms with Crippen molar-refractivity contribution < 1.29 is 14.3 Å². The Morgan fingerprint density at radius 2 is 1.90 bits per heavy atom. The summed E-state index contributed by atoms with van der Waals surface area (Å²) in [5, 5.41) is 2.95. The second-order valence-corrected chi connectivity index (χ2v) is 11.6. The van der Waals surface area contributed by atoms with E-state index in [1.807, 2.05) is 40.6 Å². The predicted molar refractivity (Wildman–Crippen MR) is 159 cm³/mol. The zero-order valence-electron chi connectivity index (χ0n) is 23.8. The number of benzene rings is 1. The van der Waals surface area contributed by atoms with Crippen LogP contribution in [0.1, 0.15) is 85.5 Å². The van der Waals surface area contributed by atoms with Gasteiger partial charge < -0.3 is 20.7 Å². The van der Waals surface area contributed by atoms with E-state index in [0.717, 1.165) is 43.6 Å². The molecule has 0 spiro atoms. The number of hydrogen-bond acceptors (Lipinski definition) is 7. The van der Waals surface area contributed by atoms with Crippen molar-refractivity contribution in [2.75, 3.05) is 24.1 Å². The van der Waals surface area contributed by atoms with Crippen molar-refractivity contribution in [3.05, 3.63) is 65.9 Å². The molecule has 3 N–H and O–H groups in total. The summed E-state index contributed by atoms with van der Waals surface area (Å²) in [5.41, 5.74) is 10.3. The molecule has 2 aliphatic carbocycles. The summed E-state index contributed by atoms with van der Waals surface area (Å²) in [6.07, 6.45) is 12.0. The van der Waals surface area contributed by atoms with E-state index in [1.54, 1.807) is 24.5 Å². The molecule has 42 heavy (non-hydrogen) atoms. The van der Waals surface area contributed by atoms with Gasteiger partial charge in [0.05, 0.1) is 6.10 Å². The van der Waals surface area contributed by atoms with Crippen molar-refractivity contribution in [1.29, 1.82) is 0 Å². The zero-order chi connectivity index (χ0) is 28.8. The Bertz CT molecular complexity index is 1670. The number of pyridine rings is 1. The van der Waals surface area contributed by atoms with Gasteiger partial charge in [-0.05, 0) is 80.3 Å². The van der Waals surface area contributed by atoms with Gasteiger partial charge in [0.1, 0.15) is 34.4 Å². The van der Waals surface area contributed by atoms with Gasteiger partial charge in [-0.15, -0.1) is 0 Å². The van der Waals surface area contributed by atoms with Crippen LogP contribution in [0.2, 0.25) is 0 Å². The molecule has 7 rings (SSSR count). The first-order valence-corrected chi connectivity index (χ1v) is 15.0. The summed E-state index contributed by atoms with van der Waals surface area (Å²) in [7, 11) is 0. The number of nitrogens with two attached hydrogens (primary N) is 1. The lowest BCUT2D eigenvalue weighted by molar-refractivity contribution is -0.132. The van der Waals surface area contributed by atoms with Gasteiger partial charge in [-0.3, -0.25) is 14.0 Å². The maximum atomic E-state index is 13.3. The van der Waals surface area contributed by atoms with Crippen LogP contribution in [0.25, 0.3) is 16.8 Å². The molecule has 2 amide bonds. The highest BCUT2D eigenvalue weighted by Crippen LogP contribution is 2.41. The largest absolute Gasteiger partial charge is 0.490 e. The summed E-state index contributed by atoms with van der Waals surface area (Å²) < 4.78 is 8.36. The number of rotatable bonds is 8. The molecule has 0 bridgehead atoms. The lowest BCUT2D eigenvalue weighted by Gasteiger charge is -2.32. The van der Waals surface area contributed by atoms with Crippen molar-refractivity contribution >= 4 is 29.0 Å². The summed E-state index contributed by atoms with van der Waals surface area (Å²) in [6.45, 7) is 3.29. The second kappa shape index (κ2) is 10.7. The SMILES string of the molecule is CCC(=O)N1CCCC(c2nc(-c3ccc(C(=O)Nc4cc(C5CC5)ccn4)cc3OC3CC3)c3c(N)nccn23)C1. The molecule has 0 radical (unpaired) electrons. The third kappa shape index (κ3) is 5.17. The van der Waals surface area contributed by atoms with Gasteiger partial charge in [-0.2, -0.15) is 0 Å². The van der Waals surface area contributed by atoms with E-state index >= 15 is 0 Å². The van der Waals surface area contributed by atoms with Crippen LogP contribution >= 0.6 is 0 Å². The third-order valence-corrected chi connectivity index (χ3v) is 8.44. The number of likely N-dealkylation sites (tertiary alicyclic amines) is 1. The van der Waals surface area contributed by atoms with Crippen molar-refractivity contribution in [2.24, 2.45) is 0 Å². The molecular weight excluding hydrogens is 530 g/mol. The van der Waals surface area contributed by atoms with Crippen LogP contribution in [-0.4, -0.2) is 55.3 Å². The Kier molecular flexibility index (Phi) is 6.76. The van der Waals surface area contributed by atoms with E-state index in [1.165, 1.54) is 18.4 Å². The van der Waals surface area contributed by atoms with Gasteiger partial charge in [0.25, 0.3) is 5.91 Å². The van der Waals surface area contributed by atoms with Crippen molar-refractivity contribution in [3.8, 4) is 17.0 Å². The number of amides is 2. The molecule has 1 aliphatic heterocycles. The maximum Gasteiger partial charge on any atom is 0.256 e. The molecular formula is C32H35N7O3. The molecule has 1 atom stereocenters. The standard InChI is InChI=1S/C32H35N7O3/c1-2-27(40)38-14-3-4-22(18-38)31-37-28(29-30(33)35-13-15-39(29)31)24-10-7-21(16-25(24)42-23-8-9-23)32(41)36-26-17-20(11-12-34-26)19-5-6-19/h7,10-13,15-17,19,22-23H,2-6,8-9,14,18H2,1H3,(H2,33,35)(H,34,36,41). The van der Waals surface area contributed by atoms with E-state index in [4.69, 9.17) is 15.5 Å². The van der Waals surface area contributed by atoms with E-state index in [9.17, 15) is 9.59 Å². The van der Waals surface area contributed by atoms with E-state index in [2.05, 4.69) is 15.3 Å². The molecule has 1 aromatic carbocycles. The van der Waals surface area contributed by atoms with E-state index in [-0.39, 0.29) is 23.8 Å². The number of nitrogens with one attached hydrogen (secondary N) is 1. The highest BCUT2D eigenvalue weighted by Gasteiger charge is 2.31. The number of hydrogen-bond donors (Lipinski definition) is 2. The Hall–Kier alpha value is -4.47. The molecule has 10 nitrogen and oxygen atoms in total. The second-order valence-electron chi connectivity index (χ2n) is 11.6. The number of fused-ring (bicyclic) bond motifs is 1. The first-order chi connectivity index (χ1) is 20.5. The highest BCUT2D eigenvalue weighted by molar-refractivity contribution is 6.04. The number of nitrogen functional groups attached to an aromatic ring is 1. The number of aromatic nitrogens is 4. The minimum atomic E-state index is -0.248. The molecule has 216 valence electrons. The molecule has 1 unspecified atom stereocenters. The molecule has 3 fully saturated rings. The minimum Gasteiger partial charge on any atom is -0.490 e. The summed E-state index contributed by atoms with van der Waals surface area (Å²) in [5.74, 6) is 2.90. The lowest BCUT2D eigenvalue weighted by Crippen LogP contribution is -2.39. The van der Waals surface area contributed by atoms with Crippen LogP contribution in [0.4, 0.5) is 11.6 Å². The smallest absolute Gasteiger partial charge is 0.256 e. The molecule has 3 aliphatic rings. The van der Waals surface area contributed by atoms with Gasteiger partial charge in [0.15, 0.2) is 0 Å². The molecule has 4 heterocycles. The summed E-state index contributed by atoms with van der Waals surface area (Å²) in [6, 6.07) is 9.43. The molecule has 4 aromatic rings. The number of imidazole rings is 1. The quantitative estimate of drug-likeness (QED) is 0.302. The zero-order valence-corrected chi connectivity index (χ0v) is 23.8. The fourth-order valence-corrected chi connectivity index (χ4v) is 5.90. The summed E-state index contributed by atoms with van der Waals surface area (Å²) in [4.78, 5) is 41.6. The van der Waals surface area contributed by atoms with Gasteiger partial charge in [0.2, 0.25) is 5.91 Å². The van der Waals surface area contributed by atoms with Crippen molar-refractivity contribution in [2.45, 2.75) is 69.8 Å². The third-order valence-electron chi connectivity index (χ3n) is 8.44. The van der Waals surface area contributed by atoms with Crippen molar-refractivity contribution in [1.82, 2.24) is 24.3 Å². The van der Waals surface area contributed by atoms with Gasteiger partial charge in [0, 0.05) is 55.1 Å². The predicted octanol–water partition coefficient (Wildman–Crippen LogP) is 5.16. The maximum absolute atomic E-state index is 13.3. The molecule has 3 aromatic heterocycles. The minimum absolute atomic E-state index is 0.0639. The van der Waals surface area contributed by atoms with Gasteiger partial charge in [-0.25, -0.2) is 15.0 Å². The van der Waals surface area contributed by atoms with Crippen LogP contribution in [0, 0.1) is 0 Å². The first-order valence-electron chi connectivity index (χ1n) is 15.0. The van der Waals surface area contributed by atoms with Gasteiger partial charge >= 0.3 is 0 Å². The lowest BCUT2D eigenvalue weighted by atomic mass is 9.97. The average Bonchev–Trinajstić information content (AvgIpc) is 3.95. The normalized spacial score (nSPS) is 18.7. The van der Waals surface area contributed by atoms with Gasteiger partial charge in [-0.1, -0.05) is 6.92 Å². The topological polar surface area (TPSA) is 128 Å². The average molecular weight is 566 g/mol. The van der Waals surface area contributed by atoms with Crippen molar-refractivity contribution in [3.63, 3.8) is 0 Å². The number of piperidine rings is 1.